The number of carbonyl (C=O) groups excluding carboxylic acids is 1. The zero-order valence-corrected chi connectivity index (χ0v) is 8.24. The van der Waals surface area contributed by atoms with E-state index in [0.717, 1.165) is 11.8 Å². The SMILES string of the molecule is C1=CC2CCC1CC2.CCOC=O. The van der Waals surface area contributed by atoms with E-state index in [1.54, 1.807) is 6.92 Å². The summed E-state index contributed by atoms with van der Waals surface area (Å²) in [5.74, 6) is 1.94. The molecule has 0 aromatic heterocycles. The second kappa shape index (κ2) is 5.79. The molecular formula is C11H18O2. The van der Waals surface area contributed by atoms with Gasteiger partial charge in [0, 0.05) is 0 Å². The fourth-order valence-electron chi connectivity index (χ4n) is 1.91. The average molecular weight is 182 g/mol. The second-order valence-electron chi connectivity index (χ2n) is 3.61. The molecule has 0 amide bonds. The van der Waals surface area contributed by atoms with E-state index in [1.807, 2.05) is 0 Å². The fraction of sp³-hybridized carbons (Fsp3) is 0.727. The maximum absolute atomic E-state index is 9.18. The van der Waals surface area contributed by atoms with Gasteiger partial charge >= 0.3 is 0 Å². The third-order valence-electron chi connectivity index (χ3n) is 2.71. The molecule has 13 heavy (non-hydrogen) atoms. The first-order valence-corrected chi connectivity index (χ1v) is 5.10. The van der Waals surface area contributed by atoms with Gasteiger partial charge in [0.15, 0.2) is 0 Å². The van der Waals surface area contributed by atoms with E-state index in [1.165, 1.54) is 25.7 Å². The minimum atomic E-state index is 0.431. The van der Waals surface area contributed by atoms with E-state index in [-0.39, 0.29) is 0 Å². The Kier molecular flexibility index (Phi) is 4.58. The first kappa shape index (κ1) is 10.3. The van der Waals surface area contributed by atoms with Crippen molar-refractivity contribution in [1.29, 1.82) is 0 Å². The van der Waals surface area contributed by atoms with Crippen LogP contribution >= 0.6 is 0 Å². The molecule has 0 aliphatic heterocycles. The lowest BCUT2D eigenvalue weighted by atomic mass is 9.76. The molecule has 0 heterocycles. The predicted molar refractivity (Wildman–Crippen MR) is 52.3 cm³/mol. The summed E-state index contributed by atoms with van der Waals surface area (Å²) >= 11 is 0. The van der Waals surface area contributed by atoms with Gasteiger partial charge in [0.25, 0.3) is 6.47 Å². The van der Waals surface area contributed by atoms with Gasteiger partial charge in [0.05, 0.1) is 6.61 Å². The molecule has 0 spiro atoms. The molecule has 3 rings (SSSR count). The minimum Gasteiger partial charge on any atom is -0.468 e. The Hall–Kier alpha value is -0.790. The molecule has 1 saturated carbocycles. The molecule has 0 radical (unpaired) electrons. The van der Waals surface area contributed by atoms with Crippen molar-refractivity contribution in [2.75, 3.05) is 6.61 Å². The second-order valence-corrected chi connectivity index (χ2v) is 3.61. The molecule has 0 unspecified atom stereocenters. The maximum atomic E-state index is 9.18. The lowest BCUT2D eigenvalue weighted by Gasteiger charge is -2.29. The number of allylic oxidation sites excluding steroid dienone is 2. The molecule has 0 N–H and O–H groups in total. The quantitative estimate of drug-likeness (QED) is 0.484. The standard InChI is InChI=1S/C8H12.C3H6O2/c1-2-8-5-3-7(1)4-6-8;1-2-5-3-4/h1-2,7-8H,3-6H2;3H,2H2,1H3. The summed E-state index contributed by atoms with van der Waals surface area (Å²) in [5.41, 5.74) is 0. The van der Waals surface area contributed by atoms with Gasteiger partial charge in [-0.3, -0.25) is 4.79 Å². The predicted octanol–water partition coefficient (Wildman–Crippen LogP) is 2.54. The molecule has 2 bridgehead atoms. The van der Waals surface area contributed by atoms with E-state index in [4.69, 9.17) is 0 Å². The van der Waals surface area contributed by atoms with Crippen molar-refractivity contribution in [2.24, 2.45) is 11.8 Å². The Labute approximate surface area is 80.0 Å². The van der Waals surface area contributed by atoms with Gasteiger partial charge in [-0.2, -0.15) is 0 Å². The normalized spacial score (nSPS) is 29.0. The number of carbonyl (C=O) groups is 1. The van der Waals surface area contributed by atoms with E-state index in [0.29, 0.717) is 13.1 Å². The van der Waals surface area contributed by atoms with Crippen LogP contribution in [0.15, 0.2) is 12.2 Å². The number of ether oxygens (including phenoxy) is 1. The van der Waals surface area contributed by atoms with Crippen molar-refractivity contribution in [3.63, 3.8) is 0 Å². The van der Waals surface area contributed by atoms with Crippen molar-refractivity contribution < 1.29 is 9.53 Å². The van der Waals surface area contributed by atoms with Crippen LogP contribution < -0.4 is 0 Å². The van der Waals surface area contributed by atoms with Crippen LogP contribution in [-0.4, -0.2) is 13.1 Å². The molecule has 3 aliphatic rings. The van der Waals surface area contributed by atoms with Gasteiger partial charge in [-0.05, 0) is 44.4 Å². The Balaban J connectivity index is 0.000000149. The highest BCUT2D eigenvalue weighted by molar-refractivity contribution is 5.36. The Morgan fingerprint density at radius 1 is 1.23 bits per heavy atom. The Morgan fingerprint density at radius 3 is 1.77 bits per heavy atom. The summed E-state index contributed by atoms with van der Waals surface area (Å²) in [6, 6.07) is 0. The van der Waals surface area contributed by atoms with E-state index in [2.05, 4.69) is 16.9 Å². The minimum absolute atomic E-state index is 0.431. The molecular weight excluding hydrogens is 164 g/mol. The number of hydrogen-bond acceptors (Lipinski definition) is 2. The van der Waals surface area contributed by atoms with Gasteiger partial charge in [-0.25, -0.2) is 0 Å². The lowest BCUT2D eigenvalue weighted by Crippen LogP contribution is -2.16. The van der Waals surface area contributed by atoms with E-state index in [9.17, 15) is 4.79 Å². The highest BCUT2D eigenvalue weighted by Gasteiger charge is 2.21. The smallest absolute Gasteiger partial charge is 0.293 e. The molecule has 3 aliphatic carbocycles. The first-order chi connectivity index (χ1) is 6.36. The molecule has 2 heteroatoms. The lowest BCUT2D eigenvalue weighted by molar-refractivity contribution is -0.128. The average Bonchev–Trinajstić information content (AvgIpc) is 2.23. The van der Waals surface area contributed by atoms with Crippen LogP contribution in [0.1, 0.15) is 32.6 Å². The highest BCUT2D eigenvalue weighted by atomic mass is 16.5. The van der Waals surface area contributed by atoms with Gasteiger partial charge in [0.1, 0.15) is 0 Å². The van der Waals surface area contributed by atoms with Crippen LogP contribution in [-0.2, 0) is 9.53 Å². The summed E-state index contributed by atoms with van der Waals surface area (Å²) in [6.45, 7) is 2.66. The molecule has 1 fully saturated rings. The summed E-state index contributed by atoms with van der Waals surface area (Å²) < 4.78 is 4.15. The van der Waals surface area contributed by atoms with Crippen LogP contribution in [0.25, 0.3) is 0 Å². The Morgan fingerprint density at radius 2 is 1.69 bits per heavy atom. The van der Waals surface area contributed by atoms with Crippen LogP contribution in [0.2, 0.25) is 0 Å². The monoisotopic (exact) mass is 182 g/mol. The number of rotatable bonds is 2. The summed E-state index contributed by atoms with van der Waals surface area (Å²) in [7, 11) is 0. The topological polar surface area (TPSA) is 26.3 Å². The van der Waals surface area contributed by atoms with Crippen LogP contribution in [0.4, 0.5) is 0 Å². The molecule has 0 aromatic rings. The van der Waals surface area contributed by atoms with Crippen molar-refractivity contribution in [3.8, 4) is 0 Å². The largest absolute Gasteiger partial charge is 0.468 e. The molecule has 0 saturated heterocycles. The number of fused-ring (bicyclic) bond motifs is 2. The summed E-state index contributed by atoms with van der Waals surface area (Å²) in [5, 5.41) is 0. The van der Waals surface area contributed by atoms with Crippen LogP contribution in [0, 0.1) is 11.8 Å². The van der Waals surface area contributed by atoms with E-state index < -0.39 is 0 Å². The third-order valence-corrected chi connectivity index (χ3v) is 2.71. The van der Waals surface area contributed by atoms with Crippen molar-refractivity contribution in [1.82, 2.24) is 0 Å². The molecule has 0 atom stereocenters. The van der Waals surface area contributed by atoms with Crippen molar-refractivity contribution in [2.45, 2.75) is 32.6 Å². The first-order valence-electron chi connectivity index (χ1n) is 5.10. The fourth-order valence-corrected chi connectivity index (χ4v) is 1.91. The molecule has 2 nitrogen and oxygen atoms in total. The number of hydrogen-bond donors (Lipinski definition) is 0. The van der Waals surface area contributed by atoms with Crippen molar-refractivity contribution in [3.05, 3.63) is 12.2 Å². The van der Waals surface area contributed by atoms with Crippen molar-refractivity contribution >= 4 is 6.47 Å². The Bertz CT molecular complexity index is 153. The van der Waals surface area contributed by atoms with Gasteiger partial charge in [-0.1, -0.05) is 12.2 Å². The van der Waals surface area contributed by atoms with Crippen LogP contribution in [0.5, 0.6) is 0 Å². The van der Waals surface area contributed by atoms with Gasteiger partial charge in [-0.15, -0.1) is 0 Å². The maximum Gasteiger partial charge on any atom is 0.293 e. The summed E-state index contributed by atoms with van der Waals surface area (Å²) in [6.07, 6.45) is 10.7. The molecule has 0 aromatic carbocycles. The molecule has 74 valence electrons. The zero-order valence-electron chi connectivity index (χ0n) is 8.24. The van der Waals surface area contributed by atoms with Gasteiger partial charge in [0.2, 0.25) is 0 Å². The van der Waals surface area contributed by atoms with Crippen LogP contribution in [0.3, 0.4) is 0 Å². The van der Waals surface area contributed by atoms with E-state index >= 15 is 0 Å². The third kappa shape index (κ3) is 3.62. The zero-order chi connectivity index (χ0) is 9.52. The summed E-state index contributed by atoms with van der Waals surface area (Å²) in [4.78, 5) is 9.18. The van der Waals surface area contributed by atoms with Gasteiger partial charge < -0.3 is 4.74 Å². The highest BCUT2D eigenvalue weighted by Crippen LogP contribution is 2.35.